The summed E-state index contributed by atoms with van der Waals surface area (Å²) in [4.78, 5) is 26.5. The van der Waals surface area contributed by atoms with Crippen LogP contribution >= 0.6 is 0 Å². The molecule has 1 heterocycles. The summed E-state index contributed by atoms with van der Waals surface area (Å²) in [6.45, 7) is 5.84. The van der Waals surface area contributed by atoms with Crippen molar-refractivity contribution in [3.63, 3.8) is 0 Å². The molecule has 0 bridgehead atoms. The van der Waals surface area contributed by atoms with Gasteiger partial charge in [-0.05, 0) is 42.5 Å². The Morgan fingerprint density at radius 3 is 2.58 bits per heavy atom. The third-order valence-corrected chi connectivity index (χ3v) is 5.14. The van der Waals surface area contributed by atoms with Crippen molar-refractivity contribution >= 4 is 11.8 Å². The van der Waals surface area contributed by atoms with Gasteiger partial charge in [-0.15, -0.1) is 0 Å². The van der Waals surface area contributed by atoms with Crippen LogP contribution in [0.2, 0.25) is 0 Å². The quantitative estimate of drug-likeness (QED) is 0.871. The van der Waals surface area contributed by atoms with E-state index in [0.29, 0.717) is 26.1 Å². The molecule has 3 rings (SSSR count). The molecule has 2 aromatic rings. The minimum atomic E-state index is -0.246. The van der Waals surface area contributed by atoms with Gasteiger partial charge in [0.25, 0.3) is 0 Å². The molecule has 1 N–H and O–H groups in total. The van der Waals surface area contributed by atoms with Crippen molar-refractivity contribution in [1.82, 2.24) is 10.2 Å². The van der Waals surface area contributed by atoms with Crippen molar-refractivity contribution in [2.75, 3.05) is 13.1 Å². The molecule has 1 aliphatic heterocycles. The number of nitrogens with zero attached hydrogens (tertiary/aromatic N) is 1. The van der Waals surface area contributed by atoms with Gasteiger partial charge in [0, 0.05) is 26.1 Å². The van der Waals surface area contributed by atoms with E-state index in [9.17, 15) is 9.59 Å². The van der Waals surface area contributed by atoms with Crippen molar-refractivity contribution in [1.29, 1.82) is 0 Å². The van der Waals surface area contributed by atoms with Crippen molar-refractivity contribution < 1.29 is 9.59 Å². The summed E-state index contributed by atoms with van der Waals surface area (Å²) in [5.74, 6) is -0.198. The fourth-order valence-electron chi connectivity index (χ4n) is 3.32. The highest BCUT2D eigenvalue weighted by Crippen LogP contribution is 2.19. The lowest BCUT2D eigenvalue weighted by atomic mass is 10.1. The maximum Gasteiger partial charge on any atom is 0.225 e. The number of rotatable bonds is 6. The minimum absolute atomic E-state index is 0.0289. The highest BCUT2D eigenvalue weighted by molar-refractivity contribution is 5.89. The van der Waals surface area contributed by atoms with Gasteiger partial charge < -0.3 is 10.2 Å². The third kappa shape index (κ3) is 4.51. The number of amides is 2. The van der Waals surface area contributed by atoms with Crippen LogP contribution in [0.4, 0.5) is 0 Å². The third-order valence-electron chi connectivity index (χ3n) is 5.14. The van der Waals surface area contributed by atoms with Gasteiger partial charge in [0.05, 0.1) is 5.92 Å². The molecule has 136 valence electrons. The molecule has 0 saturated carbocycles. The standard InChI is InChI=1S/C22H26N2O2/c1-16-8-9-19(12-17(16)2)14-23-22(26)20-13-21(25)24(15-20)11-10-18-6-4-3-5-7-18/h3-9,12,20H,10-11,13-15H2,1-2H3,(H,23,26)/t20-/m0/s1. The lowest BCUT2D eigenvalue weighted by Gasteiger charge is -2.16. The van der Waals surface area contributed by atoms with Crippen LogP contribution in [-0.2, 0) is 22.6 Å². The number of carbonyl (C=O) groups is 2. The lowest BCUT2D eigenvalue weighted by molar-refractivity contribution is -0.129. The largest absolute Gasteiger partial charge is 0.352 e. The normalized spacial score (nSPS) is 16.8. The zero-order valence-corrected chi connectivity index (χ0v) is 15.5. The summed E-state index contributed by atoms with van der Waals surface area (Å²) < 4.78 is 0. The first kappa shape index (κ1) is 18.2. The number of hydrogen-bond donors (Lipinski definition) is 1. The fourth-order valence-corrected chi connectivity index (χ4v) is 3.32. The molecule has 1 saturated heterocycles. The van der Waals surface area contributed by atoms with E-state index in [2.05, 4.69) is 43.4 Å². The Hall–Kier alpha value is -2.62. The molecular weight excluding hydrogens is 324 g/mol. The summed E-state index contributed by atoms with van der Waals surface area (Å²) in [5, 5.41) is 2.98. The first-order chi connectivity index (χ1) is 12.5. The number of nitrogens with one attached hydrogen (secondary N) is 1. The van der Waals surface area contributed by atoms with Gasteiger partial charge >= 0.3 is 0 Å². The topological polar surface area (TPSA) is 49.4 Å². The molecule has 0 aliphatic carbocycles. The molecule has 26 heavy (non-hydrogen) atoms. The maximum absolute atomic E-state index is 12.4. The van der Waals surface area contributed by atoms with Crippen LogP contribution in [0.3, 0.4) is 0 Å². The van der Waals surface area contributed by atoms with Gasteiger partial charge in [-0.1, -0.05) is 48.5 Å². The van der Waals surface area contributed by atoms with Gasteiger partial charge in [0.2, 0.25) is 11.8 Å². The van der Waals surface area contributed by atoms with Crippen LogP contribution in [0, 0.1) is 19.8 Å². The van der Waals surface area contributed by atoms with E-state index in [1.54, 1.807) is 0 Å². The Bertz CT molecular complexity index is 786. The summed E-state index contributed by atoms with van der Waals surface area (Å²) in [6.07, 6.45) is 1.14. The molecule has 2 aromatic carbocycles. The van der Waals surface area contributed by atoms with Crippen molar-refractivity contribution in [3.8, 4) is 0 Å². The SMILES string of the molecule is Cc1ccc(CNC(=O)[C@H]2CC(=O)N(CCc3ccccc3)C2)cc1C. The number of likely N-dealkylation sites (tertiary alicyclic amines) is 1. The molecule has 1 fully saturated rings. The van der Waals surface area contributed by atoms with E-state index < -0.39 is 0 Å². The average molecular weight is 350 g/mol. The molecule has 0 unspecified atom stereocenters. The van der Waals surface area contributed by atoms with Crippen LogP contribution in [0.25, 0.3) is 0 Å². The van der Waals surface area contributed by atoms with Gasteiger partial charge in [-0.25, -0.2) is 0 Å². The second-order valence-corrected chi connectivity index (χ2v) is 7.11. The Morgan fingerprint density at radius 2 is 1.85 bits per heavy atom. The molecule has 0 aromatic heterocycles. The maximum atomic E-state index is 12.4. The Kier molecular flexibility index (Phi) is 5.71. The predicted molar refractivity (Wildman–Crippen MR) is 103 cm³/mol. The summed E-state index contributed by atoms with van der Waals surface area (Å²) >= 11 is 0. The lowest BCUT2D eigenvalue weighted by Crippen LogP contribution is -2.33. The Balaban J connectivity index is 1.49. The van der Waals surface area contributed by atoms with Gasteiger partial charge in [-0.3, -0.25) is 9.59 Å². The zero-order valence-electron chi connectivity index (χ0n) is 15.5. The molecule has 4 heteroatoms. The molecular formula is C22H26N2O2. The van der Waals surface area contributed by atoms with Crippen molar-refractivity contribution in [2.45, 2.75) is 33.2 Å². The Morgan fingerprint density at radius 1 is 1.08 bits per heavy atom. The molecule has 2 amide bonds. The van der Waals surface area contributed by atoms with E-state index in [0.717, 1.165) is 12.0 Å². The monoisotopic (exact) mass is 350 g/mol. The van der Waals surface area contributed by atoms with E-state index in [-0.39, 0.29) is 17.7 Å². The summed E-state index contributed by atoms with van der Waals surface area (Å²) in [7, 11) is 0. The average Bonchev–Trinajstić information content (AvgIpc) is 3.02. The Labute approximate surface area is 155 Å². The van der Waals surface area contributed by atoms with Crippen LogP contribution < -0.4 is 5.32 Å². The highest BCUT2D eigenvalue weighted by Gasteiger charge is 2.33. The van der Waals surface area contributed by atoms with Crippen LogP contribution in [0.15, 0.2) is 48.5 Å². The molecule has 0 spiro atoms. The summed E-state index contributed by atoms with van der Waals surface area (Å²) in [5.41, 5.74) is 4.77. The smallest absolute Gasteiger partial charge is 0.225 e. The molecule has 1 atom stereocenters. The van der Waals surface area contributed by atoms with E-state index in [4.69, 9.17) is 0 Å². The van der Waals surface area contributed by atoms with Gasteiger partial charge in [-0.2, -0.15) is 0 Å². The van der Waals surface area contributed by atoms with Crippen molar-refractivity contribution in [3.05, 3.63) is 70.8 Å². The first-order valence-electron chi connectivity index (χ1n) is 9.18. The van der Waals surface area contributed by atoms with Crippen LogP contribution in [0.5, 0.6) is 0 Å². The number of carbonyl (C=O) groups excluding carboxylic acids is 2. The van der Waals surface area contributed by atoms with Crippen molar-refractivity contribution in [2.24, 2.45) is 5.92 Å². The van der Waals surface area contributed by atoms with E-state index >= 15 is 0 Å². The summed E-state index contributed by atoms with van der Waals surface area (Å²) in [6, 6.07) is 16.3. The minimum Gasteiger partial charge on any atom is -0.352 e. The predicted octanol–water partition coefficient (Wildman–Crippen LogP) is 3.01. The second-order valence-electron chi connectivity index (χ2n) is 7.11. The van der Waals surface area contributed by atoms with E-state index in [1.165, 1.54) is 16.7 Å². The van der Waals surface area contributed by atoms with Crippen LogP contribution in [0.1, 0.15) is 28.7 Å². The van der Waals surface area contributed by atoms with E-state index in [1.807, 2.05) is 29.2 Å². The number of hydrogen-bond acceptors (Lipinski definition) is 2. The number of aryl methyl sites for hydroxylation is 2. The molecule has 4 nitrogen and oxygen atoms in total. The highest BCUT2D eigenvalue weighted by atomic mass is 16.2. The second kappa shape index (κ2) is 8.17. The zero-order chi connectivity index (χ0) is 18.5. The molecule has 0 radical (unpaired) electrons. The van der Waals surface area contributed by atoms with Gasteiger partial charge in [0.1, 0.15) is 0 Å². The molecule has 1 aliphatic rings. The fraction of sp³-hybridized carbons (Fsp3) is 0.364. The number of benzene rings is 2. The van der Waals surface area contributed by atoms with Crippen LogP contribution in [-0.4, -0.2) is 29.8 Å². The van der Waals surface area contributed by atoms with Gasteiger partial charge in [0.15, 0.2) is 0 Å². The first-order valence-corrected chi connectivity index (χ1v) is 9.18.